The molecule has 9 heteroatoms. The van der Waals surface area contributed by atoms with E-state index in [1.807, 2.05) is 0 Å². The lowest BCUT2D eigenvalue weighted by molar-refractivity contribution is -0.138. The van der Waals surface area contributed by atoms with Gasteiger partial charge in [0, 0.05) is 29.8 Å². The highest BCUT2D eigenvalue weighted by Gasteiger charge is 2.87. The number of hydrogen-bond donors (Lipinski definition) is 2. The number of pyridine rings is 1. The lowest BCUT2D eigenvalue weighted by atomic mass is 9.74. The van der Waals surface area contributed by atoms with Gasteiger partial charge in [-0.3, -0.25) is 4.79 Å². The van der Waals surface area contributed by atoms with Gasteiger partial charge >= 0.3 is 6.18 Å². The molecule has 31 heavy (non-hydrogen) atoms. The molecule has 3 heterocycles. The number of methoxy groups -OCH3 is 1. The molecule has 1 aromatic carbocycles. The van der Waals surface area contributed by atoms with Gasteiger partial charge in [-0.05, 0) is 42.7 Å². The van der Waals surface area contributed by atoms with Gasteiger partial charge in [-0.15, -0.1) is 0 Å². The molecule has 6 nitrogen and oxygen atoms in total. The standard InChI is InChI=1S/C22H21F3N2O4/c1-11-13(22(23,24)25)4-3-5-14(11)27-19(29)21-10-20(21,18-15(28)9-16(21)31-18)12-6-7-26-17(8-12)30-2/h3-8,15-16,18,28H,9-10H2,1-2H3,(H,27,29)/t15-,16+,18-,20+,21+/m0/s1. The second kappa shape index (κ2) is 6.43. The summed E-state index contributed by atoms with van der Waals surface area (Å²) in [5, 5.41) is 13.2. The van der Waals surface area contributed by atoms with Gasteiger partial charge < -0.3 is 19.9 Å². The van der Waals surface area contributed by atoms with Crippen LogP contribution >= 0.6 is 0 Å². The number of ether oxygens (including phenoxy) is 2. The van der Waals surface area contributed by atoms with Crippen LogP contribution in [0.1, 0.15) is 29.5 Å². The van der Waals surface area contributed by atoms with Gasteiger partial charge in [-0.1, -0.05) is 6.07 Å². The molecule has 5 atom stereocenters. The molecule has 2 aliphatic heterocycles. The van der Waals surface area contributed by atoms with Crippen molar-refractivity contribution in [2.45, 2.75) is 49.7 Å². The number of aliphatic hydroxyl groups excluding tert-OH is 1. The zero-order valence-corrected chi connectivity index (χ0v) is 16.9. The van der Waals surface area contributed by atoms with Crippen molar-refractivity contribution in [3.05, 3.63) is 53.2 Å². The second-order valence-corrected chi connectivity index (χ2v) is 8.48. The lowest BCUT2D eigenvalue weighted by Gasteiger charge is -2.30. The number of aliphatic hydroxyl groups is 1. The maximum atomic E-state index is 13.5. The van der Waals surface area contributed by atoms with E-state index in [0.29, 0.717) is 18.7 Å². The van der Waals surface area contributed by atoms with Crippen LogP contribution in [0, 0.1) is 12.3 Å². The summed E-state index contributed by atoms with van der Waals surface area (Å²) in [7, 11) is 1.49. The van der Waals surface area contributed by atoms with E-state index >= 15 is 0 Å². The summed E-state index contributed by atoms with van der Waals surface area (Å²) in [5.74, 6) is -0.0239. The zero-order chi connectivity index (χ0) is 22.2. The third kappa shape index (κ3) is 2.59. The molecule has 0 spiro atoms. The largest absolute Gasteiger partial charge is 0.481 e. The number of carbonyl (C=O) groups is 1. The SMILES string of the molecule is COc1cc([C@@]23C[C@]2(C(=O)Nc2cccc(C(F)(F)F)c2C)[C@H]2C[C@H](O)[C@@H]3O2)ccn1. The fourth-order valence-corrected chi connectivity index (χ4v) is 5.64. The normalized spacial score (nSPS) is 33.2. The monoisotopic (exact) mass is 434 g/mol. The summed E-state index contributed by atoms with van der Waals surface area (Å²) < 4.78 is 51.1. The smallest absolute Gasteiger partial charge is 0.416 e. The Kier molecular flexibility index (Phi) is 4.20. The first-order valence-electron chi connectivity index (χ1n) is 9.97. The molecule has 2 bridgehead atoms. The minimum absolute atomic E-state index is 0.0410. The number of nitrogens with one attached hydrogen (secondary N) is 1. The van der Waals surface area contributed by atoms with Gasteiger partial charge in [0.05, 0.1) is 36.4 Å². The van der Waals surface area contributed by atoms with Crippen molar-refractivity contribution in [1.82, 2.24) is 4.98 Å². The third-order valence-electron chi connectivity index (χ3n) is 7.13. The highest BCUT2D eigenvalue weighted by atomic mass is 19.4. The summed E-state index contributed by atoms with van der Waals surface area (Å²) in [6, 6.07) is 7.22. The van der Waals surface area contributed by atoms with Gasteiger partial charge in [0.15, 0.2) is 0 Å². The average Bonchev–Trinajstić information content (AvgIpc) is 3.22. The Bertz CT molecular complexity index is 1070. The van der Waals surface area contributed by atoms with Crippen LogP contribution in [0.2, 0.25) is 0 Å². The topological polar surface area (TPSA) is 80.7 Å². The van der Waals surface area contributed by atoms with Crippen molar-refractivity contribution >= 4 is 11.6 Å². The van der Waals surface area contributed by atoms with Crippen molar-refractivity contribution in [3.63, 3.8) is 0 Å². The van der Waals surface area contributed by atoms with E-state index in [1.54, 1.807) is 18.3 Å². The number of fused-ring (bicyclic) bond motifs is 5. The average molecular weight is 434 g/mol. The van der Waals surface area contributed by atoms with Crippen LogP contribution in [0.4, 0.5) is 18.9 Å². The van der Waals surface area contributed by atoms with Crippen LogP contribution in [0.25, 0.3) is 0 Å². The minimum Gasteiger partial charge on any atom is -0.481 e. The fraction of sp³-hybridized carbons (Fsp3) is 0.455. The van der Waals surface area contributed by atoms with E-state index in [4.69, 9.17) is 9.47 Å². The second-order valence-electron chi connectivity index (χ2n) is 8.48. The van der Waals surface area contributed by atoms with Gasteiger partial charge in [-0.2, -0.15) is 13.2 Å². The first-order chi connectivity index (χ1) is 14.6. The Morgan fingerprint density at radius 1 is 1.35 bits per heavy atom. The molecule has 2 aromatic rings. The molecular weight excluding hydrogens is 413 g/mol. The molecule has 1 amide bonds. The minimum atomic E-state index is -4.51. The van der Waals surface area contributed by atoms with Crippen LogP contribution < -0.4 is 10.1 Å². The van der Waals surface area contributed by atoms with Crippen LogP contribution in [-0.4, -0.2) is 41.4 Å². The highest BCUT2D eigenvalue weighted by Crippen LogP contribution is 2.77. The number of nitrogens with zero attached hydrogens (tertiary/aromatic N) is 1. The van der Waals surface area contributed by atoms with Crippen LogP contribution in [0.5, 0.6) is 5.88 Å². The Labute approximate surface area is 176 Å². The molecule has 164 valence electrons. The molecule has 2 N–H and O–H groups in total. The van der Waals surface area contributed by atoms with E-state index in [0.717, 1.165) is 11.6 Å². The quantitative estimate of drug-likeness (QED) is 0.773. The van der Waals surface area contributed by atoms with E-state index in [2.05, 4.69) is 10.3 Å². The van der Waals surface area contributed by atoms with E-state index in [-0.39, 0.29) is 11.3 Å². The van der Waals surface area contributed by atoms with Crippen molar-refractivity contribution in [2.75, 3.05) is 12.4 Å². The molecule has 3 aliphatic rings. The maximum absolute atomic E-state index is 13.5. The van der Waals surface area contributed by atoms with E-state index in [9.17, 15) is 23.1 Å². The Morgan fingerprint density at radius 2 is 2.13 bits per heavy atom. The Balaban J connectivity index is 1.52. The number of carbonyl (C=O) groups excluding carboxylic acids is 1. The maximum Gasteiger partial charge on any atom is 0.416 e. The summed E-state index contributed by atoms with van der Waals surface area (Å²) in [4.78, 5) is 17.6. The lowest BCUT2D eigenvalue weighted by Crippen LogP contribution is -2.44. The van der Waals surface area contributed by atoms with Gasteiger partial charge in [0.25, 0.3) is 0 Å². The Morgan fingerprint density at radius 3 is 2.84 bits per heavy atom. The number of rotatable bonds is 4. The van der Waals surface area contributed by atoms with Crippen molar-refractivity contribution in [2.24, 2.45) is 5.41 Å². The number of halogens is 3. The number of aromatic nitrogens is 1. The molecule has 5 rings (SSSR count). The summed E-state index contributed by atoms with van der Waals surface area (Å²) in [6.45, 7) is 1.34. The predicted molar refractivity (Wildman–Crippen MR) is 104 cm³/mol. The number of anilines is 1. The molecule has 0 radical (unpaired) electrons. The molecule has 1 aliphatic carbocycles. The summed E-state index contributed by atoms with van der Waals surface area (Å²) in [6.07, 6.45) is -4.01. The first-order valence-corrected chi connectivity index (χ1v) is 9.97. The Hall–Kier alpha value is -2.65. The van der Waals surface area contributed by atoms with E-state index in [1.165, 1.54) is 26.2 Å². The predicted octanol–water partition coefficient (Wildman–Crippen LogP) is 3.22. The highest BCUT2D eigenvalue weighted by molar-refractivity contribution is 6.01. The van der Waals surface area contributed by atoms with Gasteiger partial charge in [-0.25, -0.2) is 4.98 Å². The fourth-order valence-electron chi connectivity index (χ4n) is 5.64. The van der Waals surface area contributed by atoms with Crippen LogP contribution in [0.3, 0.4) is 0 Å². The number of alkyl halides is 3. The zero-order valence-electron chi connectivity index (χ0n) is 16.9. The van der Waals surface area contributed by atoms with Gasteiger partial charge in [0.1, 0.15) is 0 Å². The third-order valence-corrected chi connectivity index (χ3v) is 7.13. The summed E-state index contributed by atoms with van der Waals surface area (Å²) in [5.41, 5.74) is -1.69. The molecule has 1 saturated carbocycles. The number of benzene rings is 1. The summed E-state index contributed by atoms with van der Waals surface area (Å²) >= 11 is 0. The number of amides is 1. The van der Waals surface area contributed by atoms with Crippen LogP contribution in [0.15, 0.2) is 36.5 Å². The van der Waals surface area contributed by atoms with Crippen molar-refractivity contribution in [1.29, 1.82) is 0 Å². The molecule has 2 saturated heterocycles. The van der Waals surface area contributed by atoms with Crippen molar-refractivity contribution < 1.29 is 32.5 Å². The van der Waals surface area contributed by atoms with E-state index < -0.39 is 46.8 Å². The molecular formula is C22H21F3N2O4. The molecule has 0 unspecified atom stereocenters. The molecule has 1 aromatic heterocycles. The van der Waals surface area contributed by atoms with Crippen molar-refractivity contribution in [3.8, 4) is 5.88 Å². The molecule has 3 fully saturated rings. The number of hydrogen-bond acceptors (Lipinski definition) is 5. The van der Waals surface area contributed by atoms with Gasteiger partial charge in [0.2, 0.25) is 11.8 Å². The first kappa shape index (κ1) is 20.3. The van der Waals surface area contributed by atoms with Crippen LogP contribution in [-0.2, 0) is 21.1 Å².